The number of ether oxygens (including phenoxy) is 1. The van der Waals surface area contributed by atoms with Crippen molar-refractivity contribution in [1.82, 2.24) is 15.0 Å². The Morgan fingerprint density at radius 3 is 2.91 bits per heavy atom. The normalized spacial score (nSPS) is 14.2. The van der Waals surface area contributed by atoms with E-state index in [9.17, 15) is 4.79 Å². The number of carboxylic acids is 1. The number of aromatic nitrogens is 2. The first-order valence-corrected chi connectivity index (χ1v) is 11.1. The molecule has 32 heavy (non-hydrogen) atoms. The van der Waals surface area contributed by atoms with Crippen molar-refractivity contribution in [1.29, 1.82) is 0 Å². The number of benzene rings is 2. The number of hydrogen-bond acceptors (Lipinski definition) is 6. The van der Waals surface area contributed by atoms with Crippen LogP contribution in [0.1, 0.15) is 37.8 Å². The summed E-state index contributed by atoms with van der Waals surface area (Å²) in [7, 11) is 0. The Morgan fingerprint density at radius 1 is 1.31 bits per heavy atom. The third kappa shape index (κ3) is 5.11. The maximum atomic E-state index is 10.9. The molecule has 2 aromatic carbocycles. The van der Waals surface area contributed by atoms with Crippen molar-refractivity contribution in [2.24, 2.45) is 0 Å². The van der Waals surface area contributed by atoms with Crippen LogP contribution in [-0.4, -0.2) is 45.3 Å². The molecule has 0 spiro atoms. The van der Waals surface area contributed by atoms with Crippen molar-refractivity contribution in [3.05, 3.63) is 52.5 Å². The molecule has 0 atom stereocenters. The van der Waals surface area contributed by atoms with Crippen LogP contribution in [0, 0.1) is 0 Å². The van der Waals surface area contributed by atoms with E-state index in [0.717, 1.165) is 30.5 Å². The molecule has 168 valence electrons. The van der Waals surface area contributed by atoms with Gasteiger partial charge in [0.15, 0.2) is 0 Å². The Balaban J connectivity index is 1.58. The van der Waals surface area contributed by atoms with Gasteiger partial charge in [0.25, 0.3) is 5.89 Å². The summed E-state index contributed by atoms with van der Waals surface area (Å²) in [6.07, 6.45) is 2.00. The van der Waals surface area contributed by atoms with Gasteiger partial charge in [-0.2, -0.15) is 4.98 Å². The van der Waals surface area contributed by atoms with Crippen LogP contribution in [-0.2, 0) is 17.8 Å². The molecular formula is C24H26ClN3O4. The molecule has 2 heterocycles. The number of aliphatic carboxylic acids is 1. The van der Waals surface area contributed by atoms with Crippen LogP contribution in [0.15, 0.2) is 40.9 Å². The quantitative estimate of drug-likeness (QED) is 0.532. The Morgan fingerprint density at radius 2 is 2.16 bits per heavy atom. The molecule has 0 radical (unpaired) electrons. The Kier molecular flexibility index (Phi) is 6.77. The van der Waals surface area contributed by atoms with Crippen LogP contribution in [0.2, 0.25) is 5.02 Å². The molecule has 7 nitrogen and oxygen atoms in total. The molecule has 0 aliphatic carbocycles. The molecule has 4 rings (SSSR count). The van der Waals surface area contributed by atoms with Gasteiger partial charge in [-0.15, -0.1) is 0 Å². The second-order valence-electron chi connectivity index (χ2n) is 8.20. The average Bonchev–Trinajstić information content (AvgIpc) is 3.14. The molecule has 1 aliphatic rings. The summed E-state index contributed by atoms with van der Waals surface area (Å²) in [6.45, 7) is 6.02. The predicted octanol–water partition coefficient (Wildman–Crippen LogP) is 5.07. The van der Waals surface area contributed by atoms with Crippen LogP contribution in [0.4, 0.5) is 0 Å². The second kappa shape index (κ2) is 9.71. The Labute approximate surface area is 192 Å². The summed E-state index contributed by atoms with van der Waals surface area (Å²) in [5.74, 6) is 0.777. The van der Waals surface area contributed by atoms with E-state index in [2.05, 4.69) is 21.1 Å². The van der Waals surface area contributed by atoms with Gasteiger partial charge in [0.05, 0.1) is 17.5 Å². The molecular weight excluding hydrogens is 430 g/mol. The molecule has 1 aliphatic heterocycles. The zero-order chi connectivity index (χ0) is 22.7. The first-order chi connectivity index (χ1) is 15.4. The Hall–Kier alpha value is -2.90. The van der Waals surface area contributed by atoms with Crippen LogP contribution in [0.25, 0.3) is 22.8 Å². The van der Waals surface area contributed by atoms with Gasteiger partial charge in [-0.25, -0.2) is 0 Å². The largest absolute Gasteiger partial charge is 0.489 e. The lowest BCUT2D eigenvalue weighted by atomic mass is 9.97. The Bertz CT molecular complexity index is 1110. The van der Waals surface area contributed by atoms with E-state index in [0.29, 0.717) is 35.6 Å². The SMILES string of the molecule is CC(C)Oc1ccc(-c2nc(-c3cccc4c3CCCN(CCC(=O)O)C4)no2)cc1Cl. The summed E-state index contributed by atoms with van der Waals surface area (Å²) in [5.41, 5.74) is 4.04. The number of carbonyl (C=O) groups is 1. The van der Waals surface area contributed by atoms with Crippen LogP contribution >= 0.6 is 11.6 Å². The van der Waals surface area contributed by atoms with Gasteiger partial charge in [0, 0.05) is 24.2 Å². The van der Waals surface area contributed by atoms with Gasteiger partial charge in [-0.05, 0) is 62.6 Å². The van der Waals surface area contributed by atoms with Gasteiger partial charge in [0.1, 0.15) is 5.75 Å². The van der Waals surface area contributed by atoms with E-state index < -0.39 is 5.97 Å². The topological polar surface area (TPSA) is 88.7 Å². The van der Waals surface area contributed by atoms with Crippen molar-refractivity contribution in [3.8, 4) is 28.6 Å². The van der Waals surface area contributed by atoms with Crippen LogP contribution < -0.4 is 4.74 Å². The molecule has 1 N–H and O–H groups in total. The summed E-state index contributed by atoms with van der Waals surface area (Å²) in [6, 6.07) is 11.5. The third-order valence-electron chi connectivity index (χ3n) is 5.42. The molecule has 8 heteroatoms. The van der Waals surface area contributed by atoms with E-state index in [4.69, 9.17) is 26.0 Å². The fourth-order valence-electron chi connectivity index (χ4n) is 3.97. The van der Waals surface area contributed by atoms with E-state index in [1.54, 1.807) is 6.07 Å². The van der Waals surface area contributed by atoms with Gasteiger partial charge in [0.2, 0.25) is 5.82 Å². The van der Waals surface area contributed by atoms with E-state index in [1.165, 1.54) is 11.1 Å². The van der Waals surface area contributed by atoms with Gasteiger partial charge >= 0.3 is 5.97 Å². The summed E-state index contributed by atoms with van der Waals surface area (Å²) < 4.78 is 11.2. The highest BCUT2D eigenvalue weighted by Crippen LogP contribution is 2.33. The van der Waals surface area contributed by atoms with E-state index in [1.807, 2.05) is 38.1 Å². The van der Waals surface area contributed by atoms with Gasteiger partial charge < -0.3 is 14.4 Å². The number of hydrogen-bond donors (Lipinski definition) is 1. The smallest absolute Gasteiger partial charge is 0.304 e. The van der Waals surface area contributed by atoms with Crippen molar-refractivity contribution >= 4 is 17.6 Å². The molecule has 0 fully saturated rings. The molecule has 0 amide bonds. The minimum Gasteiger partial charge on any atom is -0.489 e. The minimum absolute atomic E-state index is 0.0294. The molecule has 0 saturated heterocycles. The summed E-state index contributed by atoms with van der Waals surface area (Å²) in [5, 5.41) is 13.7. The summed E-state index contributed by atoms with van der Waals surface area (Å²) >= 11 is 6.36. The average molecular weight is 456 g/mol. The highest BCUT2D eigenvalue weighted by atomic mass is 35.5. The molecule has 1 aromatic heterocycles. The molecule has 3 aromatic rings. The highest BCUT2D eigenvalue weighted by Gasteiger charge is 2.21. The number of nitrogens with zero attached hydrogens (tertiary/aromatic N) is 3. The maximum absolute atomic E-state index is 10.9. The summed E-state index contributed by atoms with van der Waals surface area (Å²) in [4.78, 5) is 17.8. The fourth-order valence-corrected chi connectivity index (χ4v) is 4.19. The fraction of sp³-hybridized carbons (Fsp3) is 0.375. The van der Waals surface area contributed by atoms with Crippen LogP contribution in [0.3, 0.4) is 0 Å². The minimum atomic E-state index is -0.772. The molecule has 0 saturated carbocycles. The zero-order valence-electron chi connectivity index (χ0n) is 18.2. The lowest BCUT2D eigenvalue weighted by Crippen LogP contribution is -2.26. The van der Waals surface area contributed by atoms with Crippen molar-refractivity contribution in [3.63, 3.8) is 0 Å². The monoisotopic (exact) mass is 455 g/mol. The third-order valence-corrected chi connectivity index (χ3v) is 5.71. The highest BCUT2D eigenvalue weighted by molar-refractivity contribution is 6.32. The standard InChI is InChI=1S/C24H26ClN3O4/c1-15(2)31-21-9-8-16(13-20(21)25)24-26-23(27-32-24)19-6-3-5-17-14-28(12-10-22(29)30)11-4-7-18(17)19/h3,5-6,8-9,13,15H,4,7,10-12,14H2,1-2H3,(H,29,30). The predicted molar refractivity (Wildman–Crippen MR) is 122 cm³/mol. The lowest BCUT2D eigenvalue weighted by Gasteiger charge is -2.19. The lowest BCUT2D eigenvalue weighted by molar-refractivity contribution is -0.137. The van der Waals surface area contributed by atoms with Crippen LogP contribution in [0.5, 0.6) is 5.75 Å². The van der Waals surface area contributed by atoms with Gasteiger partial charge in [-0.3, -0.25) is 9.69 Å². The molecule has 0 bridgehead atoms. The number of carboxylic acid groups (broad SMARTS) is 1. The van der Waals surface area contributed by atoms with E-state index >= 15 is 0 Å². The number of halogens is 1. The first-order valence-electron chi connectivity index (χ1n) is 10.8. The van der Waals surface area contributed by atoms with E-state index in [-0.39, 0.29) is 12.5 Å². The maximum Gasteiger partial charge on any atom is 0.304 e. The van der Waals surface area contributed by atoms with Crippen molar-refractivity contribution in [2.75, 3.05) is 13.1 Å². The first kappa shape index (κ1) is 22.3. The second-order valence-corrected chi connectivity index (χ2v) is 8.61. The zero-order valence-corrected chi connectivity index (χ0v) is 18.9. The number of rotatable bonds is 7. The number of fused-ring (bicyclic) bond motifs is 1. The van der Waals surface area contributed by atoms with Gasteiger partial charge in [-0.1, -0.05) is 35.0 Å². The van der Waals surface area contributed by atoms with Crippen molar-refractivity contribution in [2.45, 2.75) is 45.8 Å². The molecule has 0 unspecified atom stereocenters. The van der Waals surface area contributed by atoms with Crippen molar-refractivity contribution < 1.29 is 19.2 Å².